The van der Waals surface area contributed by atoms with Gasteiger partial charge in [0.2, 0.25) is 0 Å². The number of hydrogen-bond donors (Lipinski definition) is 1. The third kappa shape index (κ3) is 5.07. The van der Waals surface area contributed by atoms with Crippen LogP contribution >= 0.6 is 0 Å². The van der Waals surface area contributed by atoms with E-state index in [0.29, 0.717) is 5.75 Å². The van der Waals surface area contributed by atoms with Crippen LogP contribution in [-0.4, -0.2) is 32.1 Å². The molecule has 2 N–H and O–H groups in total. The monoisotopic (exact) mass is 309 g/mol. The quantitative estimate of drug-likeness (QED) is 0.862. The summed E-state index contributed by atoms with van der Waals surface area (Å²) in [7, 11) is -3.19. The Bertz CT molecular complexity index is 646. The molecule has 4 nitrogen and oxygen atoms in total. The van der Waals surface area contributed by atoms with Crippen molar-refractivity contribution in [3.05, 3.63) is 29.3 Å². The van der Waals surface area contributed by atoms with Crippen LogP contribution in [0.15, 0.2) is 18.2 Å². The van der Waals surface area contributed by atoms with Crippen molar-refractivity contribution in [1.82, 2.24) is 0 Å². The summed E-state index contributed by atoms with van der Waals surface area (Å²) in [6, 6.07) is 5.61. The van der Waals surface area contributed by atoms with E-state index in [4.69, 9.17) is 10.5 Å². The van der Waals surface area contributed by atoms with Gasteiger partial charge in [-0.1, -0.05) is 17.9 Å². The highest BCUT2D eigenvalue weighted by Crippen LogP contribution is 2.20. The van der Waals surface area contributed by atoms with Crippen molar-refractivity contribution in [2.75, 3.05) is 18.9 Å². The second-order valence-corrected chi connectivity index (χ2v) is 8.65. The fraction of sp³-hybridized carbons (Fsp3) is 0.500. The number of sulfone groups is 1. The van der Waals surface area contributed by atoms with Crippen molar-refractivity contribution < 1.29 is 13.2 Å². The van der Waals surface area contributed by atoms with Gasteiger partial charge in [0, 0.05) is 0 Å². The van der Waals surface area contributed by atoms with Crippen LogP contribution in [0.3, 0.4) is 0 Å². The maximum Gasteiger partial charge on any atom is 0.158 e. The van der Waals surface area contributed by atoms with E-state index in [2.05, 4.69) is 11.8 Å². The summed E-state index contributed by atoms with van der Waals surface area (Å²) in [5.41, 5.74) is 7.17. The van der Waals surface area contributed by atoms with Crippen molar-refractivity contribution in [2.24, 2.45) is 5.73 Å². The van der Waals surface area contributed by atoms with Crippen LogP contribution in [0, 0.1) is 18.8 Å². The van der Waals surface area contributed by atoms with E-state index >= 15 is 0 Å². The molecule has 0 radical (unpaired) electrons. The molecule has 0 aliphatic carbocycles. The van der Waals surface area contributed by atoms with E-state index in [1.807, 2.05) is 19.1 Å². The molecule has 5 heteroatoms. The number of rotatable bonds is 4. The molecule has 0 saturated heterocycles. The first-order valence-electron chi connectivity index (χ1n) is 6.82. The van der Waals surface area contributed by atoms with Crippen molar-refractivity contribution in [3.8, 4) is 17.6 Å². The van der Waals surface area contributed by atoms with Gasteiger partial charge in [-0.2, -0.15) is 0 Å². The van der Waals surface area contributed by atoms with E-state index < -0.39 is 14.6 Å². The number of benzene rings is 1. The van der Waals surface area contributed by atoms with Gasteiger partial charge in [0.25, 0.3) is 0 Å². The first-order chi connectivity index (χ1) is 9.67. The van der Waals surface area contributed by atoms with Gasteiger partial charge >= 0.3 is 0 Å². The lowest BCUT2D eigenvalue weighted by Crippen LogP contribution is -2.32. The summed E-state index contributed by atoms with van der Waals surface area (Å²) in [6.45, 7) is 7.40. The van der Waals surface area contributed by atoms with Gasteiger partial charge in [0.05, 0.1) is 22.6 Å². The Kier molecular flexibility index (Phi) is 5.82. The molecule has 0 amide bonds. The number of aryl methyl sites for hydroxylation is 1. The van der Waals surface area contributed by atoms with Crippen LogP contribution in [0.25, 0.3) is 0 Å². The molecule has 116 valence electrons. The van der Waals surface area contributed by atoms with Gasteiger partial charge in [-0.15, -0.1) is 0 Å². The zero-order chi connectivity index (χ0) is 16.1. The lowest BCUT2D eigenvalue weighted by atomic mass is 10.1. The molecule has 0 fully saturated rings. The lowest BCUT2D eigenvalue weighted by molar-refractivity contribution is 0.339. The molecule has 0 aliphatic heterocycles. The van der Waals surface area contributed by atoms with E-state index in [9.17, 15) is 8.42 Å². The second kappa shape index (κ2) is 6.97. The van der Waals surface area contributed by atoms with Gasteiger partial charge in [-0.25, -0.2) is 8.42 Å². The zero-order valence-electron chi connectivity index (χ0n) is 13.1. The topological polar surface area (TPSA) is 69.4 Å². The van der Waals surface area contributed by atoms with E-state index in [1.165, 1.54) is 0 Å². The highest BCUT2D eigenvalue weighted by Gasteiger charge is 2.28. The summed E-state index contributed by atoms with van der Waals surface area (Å²) >= 11 is 0. The first-order valence-corrected chi connectivity index (χ1v) is 8.47. The highest BCUT2D eigenvalue weighted by molar-refractivity contribution is 7.92. The van der Waals surface area contributed by atoms with Gasteiger partial charge < -0.3 is 10.5 Å². The summed E-state index contributed by atoms with van der Waals surface area (Å²) in [6.07, 6.45) is 0. The Morgan fingerprint density at radius 1 is 1.29 bits per heavy atom. The molecule has 0 aromatic heterocycles. The fourth-order valence-corrected chi connectivity index (χ4v) is 2.50. The Labute approximate surface area is 127 Å². The molecular weight excluding hydrogens is 286 g/mol. The van der Waals surface area contributed by atoms with E-state index in [-0.39, 0.29) is 18.9 Å². The smallest absolute Gasteiger partial charge is 0.158 e. The Morgan fingerprint density at radius 2 is 1.95 bits per heavy atom. The molecule has 0 unspecified atom stereocenters. The van der Waals surface area contributed by atoms with Crippen LogP contribution in [0.1, 0.15) is 31.9 Å². The molecular formula is C16H23NO3S. The SMILES string of the molecule is Cc1ccc(OCCS(=O)(=O)C(C)(C)C)c(C#CCN)c1. The minimum Gasteiger partial charge on any atom is -0.491 e. The summed E-state index contributed by atoms with van der Waals surface area (Å²) in [4.78, 5) is 0. The van der Waals surface area contributed by atoms with Crippen molar-refractivity contribution in [3.63, 3.8) is 0 Å². The van der Waals surface area contributed by atoms with Gasteiger partial charge in [-0.05, 0) is 45.4 Å². The fourth-order valence-electron chi connectivity index (χ4n) is 1.58. The molecule has 0 spiro atoms. The second-order valence-electron chi connectivity index (χ2n) is 5.79. The molecule has 1 rings (SSSR count). The van der Waals surface area contributed by atoms with Gasteiger partial charge in [-0.3, -0.25) is 0 Å². The van der Waals surface area contributed by atoms with Crippen LogP contribution in [-0.2, 0) is 9.84 Å². The van der Waals surface area contributed by atoms with Crippen LogP contribution in [0.2, 0.25) is 0 Å². The minimum absolute atomic E-state index is 0.0197. The molecule has 21 heavy (non-hydrogen) atoms. The molecule has 1 aromatic rings. The Balaban J connectivity index is 2.81. The van der Waals surface area contributed by atoms with E-state index in [0.717, 1.165) is 11.1 Å². The maximum atomic E-state index is 12.0. The van der Waals surface area contributed by atoms with Crippen molar-refractivity contribution >= 4 is 9.84 Å². The van der Waals surface area contributed by atoms with Crippen LogP contribution in [0.5, 0.6) is 5.75 Å². The standard InChI is InChI=1S/C16H23NO3S/c1-13-7-8-15(14(12-13)6-5-9-17)20-10-11-21(18,19)16(2,3)4/h7-8,12H,9-11,17H2,1-4H3. The Hall–Kier alpha value is -1.51. The summed E-state index contributed by atoms with van der Waals surface area (Å²) in [5.74, 6) is 6.29. The molecule has 0 aliphatic rings. The van der Waals surface area contributed by atoms with Crippen LogP contribution in [0.4, 0.5) is 0 Å². The van der Waals surface area contributed by atoms with Crippen LogP contribution < -0.4 is 10.5 Å². The third-order valence-corrected chi connectivity index (χ3v) is 5.57. The average Bonchev–Trinajstić information content (AvgIpc) is 2.37. The predicted molar refractivity (Wildman–Crippen MR) is 86.1 cm³/mol. The van der Waals surface area contributed by atoms with Crippen molar-refractivity contribution in [1.29, 1.82) is 0 Å². The van der Waals surface area contributed by atoms with Crippen molar-refractivity contribution in [2.45, 2.75) is 32.4 Å². The minimum atomic E-state index is -3.19. The summed E-state index contributed by atoms with van der Waals surface area (Å²) in [5, 5.41) is 0. The molecule has 0 saturated carbocycles. The van der Waals surface area contributed by atoms with Gasteiger partial charge in [0.15, 0.2) is 9.84 Å². The molecule has 0 heterocycles. The first kappa shape index (κ1) is 17.5. The normalized spacial score (nSPS) is 11.7. The molecule has 1 aromatic carbocycles. The molecule has 0 atom stereocenters. The lowest BCUT2D eigenvalue weighted by Gasteiger charge is -2.19. The zero-order valence-corrected chi connectivity index (χ0v) is 13.9. The molecule has 0 bridgehead atoms. The maximum absolute atomic E-state index is 12.0. The van der Waals surface area contributed by atoms with Gasteiger partial charge in [0.1, 0.15) is 12.4 Å². The largest absolute Gasteiger partial charge is 0.491 e. The average molecular weight is 309 g/mol. The third-order valence-electron chi connectivity index (χ3n) is 3.00. The summed E-state index contributed by atoms with van der Waals surface area (Å²) < 4.78 is 28.9. The number of nitrogens with two attached hydrogens (primary N) is 1. The van der Waals surface area contributed by atoms with E-state index in [1.54, 1.807) is 26.8 Å². The Morgan fingerprint density at radius 3 is 2.52 bits per heavy atom. The number of ether oxygens (including phenoxy) is 1. The predicted octanol–water partition coefficient (Wildman–Crippen LogP) is 1.90. The number of hydrogen-bond acceptors (Lipinski definition) is 4. The highest BCUT2D eigenvalue weighted by atomic mass is 32.2.